The second-order valence-electron chi connectivity index (χ2n) is 7.02. The number of nitrogens with one attached hydrogen (secondary N) is 1. The lowest BCUT2D eigenvalue weighted by atomic mass is 10.1. The van der Waals surface area contributed by atoms with Gasteiger partial charge < -0.3 is 14.4 Å². The fourth-order valence-corrected chi connectivity index (χ4v) is 4.12. The van der Waals surface area contributed by atoms with E-state index >= 15 is 0 Å². The van der Waals surface area contributed by atoms with E-state index in [0.29, 0.717) is 0 Å². The number of aromatic amines is 1. The van der Waals surface area contributed by atoms with Crippen LogP contribution in [0, 0.1) is 0 Å². The van der Waals surface area contributed by atoms with E-state index < -0.39 is 30.6 Å². The molecule has 0 fully saturated rings. The number of aromatic nitrogens is 3. The molecule has 2 aromatic heterocycles. The Bertz CT molecular complexity index is 1490. The molecule has 0 aliphatic rings. The van der Waals surface area contributed by atoms with Crippen LogP contribution < -0.4 is 10.1 Å². The van der Waals surface area contributed by atoms with Gasteiger partial charge in [-0.1, -0.05) is 41.4 Å². The fourth-order valence-electron chi connectivity index (χ4n) is 3.30. The molecule has 0 aliphatic heterocycles. The minimum Gasteiger partial charge on any atom is -0.424 e. The second kappa shape index (κ2) is 8.22. The van der Waals surface area contributed by atoms with Gasteiger partial charge in [0.05, 0.1) is 21.3 Å². The molecule has 0 saturated carbocycles. The van der Waals surface area contributed by atoms with Crippen LogP contribution in [0.15, 0.2) is 53.3 Å². The maximum absolute atomic E-state index is 14.0. The molecule has 0 bridgehead atoms. The second-order valence-corrected chi connectivity index (χ2v) is 9.62. The molecule has 0 saturated heterocycles. The lowest BCUT2D eigenvalue weighted by Gasteiger charge is -2.14. The van der Waals surface area contributed by atoms with E-state index in [1.54, 1.807) is 0 Å². The van der Waals surface area contributed by atoms with E-state index in [-0.39, 0.29) is 38.3 Å². The van der Waals surface area contributed by atoms with Crippen LogP contribution in [0.4, 0.5) is 13.2 Å². The highest BCUT2D eigenvalue weighted by Crippen LogP contribution is 2.44. The van der Waals surface area contributed by atoms with E-state index in [9.17, 15) is 27.4 Å². The summed E-state index contributed by atoms with van der Waals surface area (Å²) in [5.74, 6) is -0.113. The van der Waals surface area contributed by atoms with Gasteiger partial charge >= 0.3 is 13.8 Å². The SMILES string of the molecule is CP(=O)(O)Oc1ccccc1-c1cc(=O)[nH]c2c(-c3ccc(Cl)c(Cl)c3)c(C(F)(F)F)nn12. The third-order valence-electron chi connectivity index (χ3n) is 4.53. The summed E-state index contributed by atoms with van der Waals surface area (Å²) >= 11 is 11.9. The zero-order chi connectivity index (χ0) is 24.1. The maximum Gasteiger partial charge on any atom is 0.435 e. The van der Waals surface area contributed by atoms with E-state index in [1.807, 2.05) is 0 Å². The number of fused-ring (bicyclic) bond motifs is 1. The lowest BCUT2D eigenvalue weighted by Crippen LogP contribution is -2.10. The molecule has 1 unspecified atom stereocenters. The van der Waals surface area contributed by atoms with Crippen molar-refractivity contribution in [2.45, 2.75) is 6.18 Å². The van der Waals surface area contributed by atoms with Crippen molar-refractivity contribution in [1.29, 1.82) is 0 Å². The highest BCUT2D eigenvalue weighted by atomic mass is 35.5. The number of hydrogen-bond donors (Lipinski definition) is 2. The van der Waals surface area contributed by atoms with Gasteiger partial charge in [-0.3, -0.25) is 4.79 Å². The first-order valence-electron chi connectivity index (χ1n) is 9.13. The molecule has 2 aromatic carbocycles. The zero-order valence-electron chi connectivity index (χ0n) is 16.5. The molecular weight excluding hydrogens is 505 g/mol. The summed E-state index contributed by atoms with van der Waals surface area (Å²) < 4.78 is 59.7. The topological polar surface area (TPSA) is 96.7 Å². The average molecular weight is 518 g/mol. The molecule has 0 amide bonds. The summed E-state index contributed by atoms with van der Waals surface area (Å²) in [6.45, 7) is 0.954. The van der Waals surface area contributed by atoms with Crippen LogP contribution in [-0.4, -0.2) is 26.2 Å². The van der Waals surface area contributed by atoms with Gasteiger partial charge in [0, 0.05) is 18.3 Å². The van der Waals surface area contributed by atoms with Gasteiger partial charge in [0.2, 0.25) is 0 Å². The predicted molar refractivity (Wildman–Crippen MR) is 118 cm³/mol. The third-order valence-corrected chi connectivity index (χ3v) is 5.81. The summed E-state index contributed by atoms with van der Waals surface area (Å²) in [6, 6.07) is 10.7. The largest absolute Gasteiger partial charge is 0.435 e. The van der Waals surface area contributed by atoms with Crippen LogP contribution >= 0.6 is 30.8 Å². The van der Waals surface area contributed by atoms with Gasteiger partial charge in [-0.15, -0.1) is 0 Å². The van der Waals surface area contributed by atoms with E-state index in [1.165, 1.54) is 42.5 Å². The van der Waals surface area contributed by atoms with Crippen molar-refractivity contribution in [1.82, 2.24) is 14.6 Å². The number of hydrogen-bond acceptors (Lipinski definition) is 4. The van der Waals surface area contributed by atoms with Crippen molar-refractivity contribution in [2.75, 3.05) is 6.66 Å². The van der Waals surface area contributed by atoms with Crippen molar-refractivity contribution in [2.24, 2.45) is 0 Å². The van der Waals surface area contributed by atoms with Crippen LogP contribution in [0.2, 0.25) is 10.0 Å². The minimum absolute atomic E-state index is 0.0144. The van der Waals surface area contributed by atoms with Gasteiger partial charge in [0.15, 0.2) is 5.69 Å². The van der Waals surface area contributed by atoms with Crippen molar-refractivity contribution in [3.8, 4) is 28.1 Å². The Hall–Kier alpha value is -2.78. The molecular formula is C20H13Cl2F3N3O4P. The molecule has 0 radical (unpaired) electrons. The first-order chi connectivity index (χ1) is 15.3. The number of H-pyrrole nitrogens is 1. The number of benzene rings is 2. The third kappa shape index (κ3) is 4.65. The van der Waals surface area contributed by atoms with Gasteiger partial charge in [0.1, 0.15) is 11.4 Å². The summed E-state index contributed by atoms with van der Waals surface area (Å²) in [6.07, 6.45) is -4.89. The number of alkyl halides is 3. The van der Waals surface area contributed by atoms with Gasteiger partial charge in [-0.25, -0.2) is 9.08 Å². The molecule has 7 nitrogen and oxygen atoms in total. The Morgan fingerprint density at radius 2 is 1.82 bits per heavy atom. The highest BCUT2D eigenvalue weighted by molar-refractivity contribution is 7.52. The van der Waals surface area contributed by atoms with Crippen LogP contribution in [0.3, 0.4) is 0 Å². The van der Waals surface area contributed by atoms with E-state index in [2.05, 4.69) is 10.1 Å². The normalized spacial score (nSPS) is 13.8. The molecule has 4 aromatic rings. The monoisotopic (exact) mass is 517 g/mol. The maximum atomic E-state index is 14.0. The fraction of sp³-hybridized carbons (Fsp3) is 0.100. The molecule has 172 valence electrons. The Balaban J connectivity index is 2.09. The van der Waals surface area contributed by atoms with Crippen molar-refractivity contribution < 1.29 is 27.2 Å². The zero-order valence-corrected chi connectivity index (χ0v) is 18.9. The first-order valence-corrected chi connectivity index (χ1v) is 11.9. The first kappa shape index (κ1) is 23.4. The Morgan fingerprint density at radius 3 is 2.45 bits per heavy atom. The van der Waals surface area contributed by atoms with Crippen molar-refractivity contribution in [3.63, 3.8) is 0 Å². The quantitative estimate of drug-likeness (QED) is 0.329. The van der Waals surface area contributed by atoms with Gasteiger partial charge in [0.25, 0.3) is 5.56 Å². The number of nitrogens with zero attached hydrogens (tertiary/aromatic N) is 2. The van der Waals surface area contributed by atoms with E-state index in [0.717, 1.165) is 17.2 Å². The summed E-state index contributed by atoms with van der Waals surface area (Å²) in [7, 11) is -4.02. The predicted octanol–water partition coefficient (Wildman–Crippen LogP) is 5.88. The molecule has 2 N–H and O–H groups in total. The van der Waals surface area contributed by atoms with Crippen LogP contribution in [0.25, 0.3) is 28.0 Å². The van der Waals surface area contributed by atoms with Crippen LogP contribution in [-0.2, 0) is 10.7 Å². The Labute approximate surface area is 193 Å². The van der Waals surface area contributed by atoms with Crippen molar-refractivity contribution in [3.05, 3.63) is 74.6 Å². The summed E-state index contributed by atoms with van der Waals surface area (Å²) in [5, 5.41) is 3.88. The number of rotatable bonds is 4. The van der Waals surface area contributed by atoms with Gasteiger partial charge in [-0.05, 0) is 29.8 Å². The molecule has 13 heteroatoms. The Kier molecular flexibility index (Phi) is 5.82. The van der Waals surface area contributed by atoms with Crippen LogP contribution in [0.5, 0.6) is 5.75 Å². The number of para-hydroxylation sites is 1. The molecule has 33 heavy (non-hydrogen) atoms. The molecule has 0 aliphatic carbocycles. The van der Waals surface area contributed by atoms with E-state index in [4.69, 9.17) is 27.7 Å². The van der Waals surface area contributed by atoms with Crippen LogP contribution in [0.1, 0.15) is 5.69 Å². The molecule has 1 atom stereocenters. The standard InChI is InChI=1S/C20H13Cl2F3N3O4P/c1-33(30,31)32-15-5-3-2-4-11(15)14-9-16(29)26-19-17(10-6-7-12(21)13(22)8-10)18(20(23,24)25)27-28(14)19/h2-9H,1H3,(H,26,29)(H,30,31). The smallest absolute Gasteiger partial charge is 0.424 e. The molecule has 4 rings (SSSR count). The minimum atomic E-state index is -4.89. The number of halogens is 5. The van der Waals surface area contributed by atoms with Crippen molar-refractivity contribution >= 4 is 36.4 Å². The molecule has 2 heterocycles. The average Bonchev–Trinajstić information content (AvgIpc) is 3.08. The summed E-state index contributed by atoms with van der Waals surface area (Å²) in [5.41, 5.74) is -2.66. The highest BCUT2D eigenvalue weighted by Gasteiger charge is 2.39. The molecule has 0 spiro atoms. The Morgan fingerprint density at radius 1 is 1.12 bits per heavy atom. The van der Waals surface area contributed by atoms with Gasteiger partial charge in [-0.2, -0.15) is 18.3 Å². The summed E-state index contributed by atoms with van der Waals surface area (Å²) in [4.78, 5) is 24.5. The lowest BCUT2D eigenvalue weighted by molar-refractivity contribution is -0.140.